The zero-order valence-corrected chi connectivity index (χ0v) is 11.2. The molecule has 5 heteroatoms. The van der Waals surface area contributed by atoms with Crippen LogP contribution in [-0.2, 0) is 20.2 Å². The highest BCUT2D eigenvalue weighted by Gasteiger charge is 2.06. The average molecular weight is 268 g/mol. The number of aliphatic hydroxyl groups is 1. The van der Waals surface area contributed by atoms with E-state index in [-0.39, 0.29) is 6.61 Å². The van der Waals surface area contributed by atoms with Gasteiger partial charge in [0.05, 0.1) is 18.5 Å². The van der Waals surface area contributed by atoms with Gasteiger partial charge in [-0.3, -0.25) is 0 Å². The maximum Gasteiger partial charge on any atom is 0.154 e. The molecule has 20 heavy (non-hydrogen) atoms. The van der Waals surface area contributed by atoms with Gasteiger partial charge < -0.3 is 15.0 Å². The Morgan fingerprint density at radius 2 is 2.05 bits per heavy atom. The number of aromatic nitrogens is 3. The molecular weight excluding hydrogens is 252 g/mol. The first-order valence-corrected chi connectivity index (χ1v) is 6.46. The van der Waals surface area contributed by atoms with Crippen molar-refractivity contribution in [3.05, 3.63) is 54.0 Å². The van der Waals surface area contributed by atoms with Crippen LogP contribution in [0.1, 0.15) is 11.1 Å². The van der Waals surface area contributed by atoms with Crippen molar-refractivity contribution in [2.75, 3.05) is 5.32 Å². The van der Waals surface area contributed by atoms with Gasteiger partial charge in [-0.15, -0.1) is 0 Å². The molecule has 3 aromatic rings. The minimum Gasteiger partial charge on any atom is -0.392 e. The largest absolute Gasteiger partial charge is 0.392 e. The number of imidazole rings is 1. The lowest BCUT2D eigenvalue weighted by molar-refractivity contribution is 0.281. The topological polar surface area (TPSA) is 63.0 Å². The van der Waals surface area contributed by atoms with Gasteiger partial charge in [0.15, 0.2) is 5.82 Å². The third-order valence-electron chi connectivity index (χ3n) is 3.28. The lowest BCUT2D eigenvalue weighted by Gasteiger charge is -2.07. The summed E-state index contributed by atoms with van der Waals surface area (Å²) in [5.41, 5.74) is 3.93. The summed E-state index contributed by atoms with van der Waals surface area (Å²) in [6.45, 7) is 0.707. The monoisotopic (exact) mass is 268 g/mol. The molecule has 2 N–H and O–H groups in total. The van der Waals surface area contributed by atoms with Crippen LogP contribution in [0, 0.1) is 0 Å². The number of fused-ring (bicyclic) bond motifs is 1. The third kappa shape index (κ3) is 2.35. The third-order valence-corrected chi connectivity index (χ3v) is 3.28. The number of rotatable bonds is 4. The molecule has 0 fully saturated rings. The van der Waals surface area contributed by atoms with Crippen LogP contribution >= 0.6 is 0 Å². The number of benzene rings is 1. The molecule has 0 radical (unpaired) electrons. The quantitative estimate of drug-likeness (QED) is 0.760. The van der Waals surface area contributed by atoms with Gasteiger partial charge in [0.25, 0.3) is 0 Å². The number of anilines is 1. The molecule has 0 saturated carbocycles. The van der Waals surface area contributed by atoms with E-state index in [1.54, 1.807) is 12.5 Å². The van der Waals surface area contributed by atoms with Crippen LogP contribution in [-0.4, -0.2) is 19.6 Å². The molecular formula is C15H16N4O. The maximum absolute atomic E-state index is 9.15. The second kappa shape index (κ2) is 5.30. The van der Waals surface area contributed by atoms with Crippen LogP contribution in [0.4, 0.5) is 5.82 Å². The van der Waals surface area contributed by atoms with Gasteiger partial charge in [0, 0.05) is 19.8 Å². The highest BCUT2D eigenvalue weighted by Crippen LogP contribution is 2.19. The lowest BCUT2D eigenvalue weighted by Crippen LogP contribution is -2.02. The number of nitrogens with zero attached hydrogens (tertiary/aromatic N) is 3. The first kappa shape index (κ1) is 12.6. The standard InChI is InChI=1S/C15H16N4O/c1-19-10-18-14-13(19)5-6-16-15(14)17-8-11-3-2-4-12(7-11)9-20/h2-7,10,20H,8-9H2,1H3,(H,16,17). The van der Waals surface area contributed by atoms with Crippen molar-refractivity contribution in [1.82, 2.24) is 14.5 Å². The normalized spacial score (nSPS) is 10.9. The molecule has 1 aromatic carbocycles. The Morgan fingerprint density at radius 3 is 2.90 bits per heavy atom. The molecule has 0 bridgehead atoms. The van der Waals surface area contributed by atoms with E-state index in [0.717, 1.165) is 28.0 Å². The van der Waals surface area contributed by atoms with Crippen LogP contribution in [0.3, 0.4) is 0 Å². The molecule has 2 heterocycles. The van der Waals surface area contributed by atoms with Gasteiger partial charge in [-0.1, -0.05) is 24.3 Å². The number of aliphatic hydroxyl groups excluding tert-OH is 1. The molecule has 5 nitrogen and oxygen atoms in total. The number of aryl methyl sites for hydroxylation is 1. The summed E-state index contributed by atoms with van der Waals surface area (Å²) < 4.78 is 1.97. The highest BCUT2D eigenvalue weighted by molar-refractivity contribution is 5.85. The summed E-state index contributed by atoms with van der Waals surface area (Å²) in [5.74, 6) is 0.775. The molecule has 0 aliphatic carbocycles. The summed E-state index contributed by atoms with van der Waals surface area (Å²) >= 11 is 0. The van der Waals surface area contributed by atoms with Crippen LogP contribution in [0.5, 0.6) is 0 Å². The Balaban J connectivity index is 1.83. The van der Waals surface area contributed by atoms with Gasteiger partial charge in [-0.2, -0.15) is 0 Å². The van der Waals surface area contributed by atoms with E-state index in [4.69, 9.17) is 5.11 Å². The molecule has 0 atom stereocenters. The Kier molecular flexibility index (Phi) is 3.35. The number of nitrogens with one attached hydrogen (secondary N) is 1. The van der Waals surface area contributed by atoms with Crippen molar-refractivity contribution in [1.29, 1.82) is 0 Å². The number of hydrogen-bond acceptors (Lipinski definition) is 4. The molecule has 0 amide bonds. The molecule has 0 aliphatic rings. The zero-order valence-electron chi connectivity index (χ0n) is 11.2. The van der Waals surface area contributed by atoms with E-state index in [9.17, 15) is 0 Å². The first-order valence-electron chi connectivity index (χ1n) is 6.46. The van der Waals surface area contributed by atoms with Crippen molar-refractivity contribution in [3.63, 3.8) is 0 Å². The van der Waals surface area contributed by atoms with Gasteiger partial charge in [-0.05, 0) is 17.2 Å². The lowest BCUT2D eigenvalue weighted by atomic mass is 10.1. The van der Waals surface area contributed by atoms with E-state index in [2.05, 4.69) is 15.3 Å². The number of pyridine rings is 1. The summed E-state index contributed by atoms with van der Waals surface area (Å²) in [6.07, 6.45) is 3.56. The fourth-order valence-electron chi connectivity index (χ4n) is 2.22. The van der Waals surface area contributed by atoms with Crippen molar-refractivity contribution < 1.29 is 5.11 Å². The van der Waals surface area contributed by atoms with Crippen molar-refractivity contribution in [2.45, 2.75) is 13.2 Å². The summed E-state index contributed by atoms with van der Waals surface area (Å²) in [6, 6.07) is 9.79. The van der Waals surface area contributed by atoms with Crippen LogP contribution in [0.15, 0.2) is 42.9 Å². The fourth-order valence-corrected chi connectivity index (χ4v) is 2.22. The molecule has 2 aromatic heterocycles. The predicted molar refractivity (Wildman–Crippen MR) is 78.2 cm³/mol. The van der Waals surface area contributed by atoms with Crippen molar-refractivity contribution >= 4 is 16.9 Å². The fraction of sp³-hybridized carbons (Fsp3) is 0.200. The summed E-state index contributed by atoms with van der Waals surface area (Å²) in [5, 5.41) is 12.4. The molecule has 102 valence electrons. The second-order valence-corrected chi connectivity index (χ2v) is 4.71. The van der Waals surface area contributed by atoms with Gasteiger partial charge in [0.2, 0.25) is 0 Å². The summed E-state index contributed by atoms with van der Waals surface area (Å²) in [4.78, 5) is 8.70. The van der Waals surface area contributed by atoms with E-state index >= 15 is 0 Å². The van der Waals surface area contributed by atoms with E-state index in [1.807, 2.05) is 41.9 Å². The Bertz CT molecular complexity index is 736. The van der Waals surface area contributed by atoms with Crippen LogP contribution in [0.2, 0.25) is 0 Å². The van der Waals surface area contributed by atoms with Gasteiger partial charge in [0.1, 0.15) is 5.52 Å². The van der Waals surface area contributed by atoms with Crippen LogP contribution < -0.4 is 5.32 Å². The minimum absolute atomic E-state index is 0.0575. The molecule has 0 spiro atoms. The Hall–Kier alpha value is -2.40. The molecule has 3 rings (SSSR count). The first-order chi connectivity index (χ1) is 9.78. The highest BCUT2D eigenvalue weighted by atomic mass is 16.3. The SMILES string of the molecule is Cn1cnc2c(NCc3cccc(CO)c3)nccc21. The molecule has 0 aliphatic heterocycles. The van der Waals surface area contributed by atoms with E-state index in [1.165, 1.54) is 0 Å². The average Bonchev–Trinajstić information content (AvgIpc) is 2.88. The Labute approximate surface area is 116 Å². The minimum atomic E-state index is 0.0575. The Morgan fingerprint density at radius 1 is 1.20 bits per heavy atom. The smallest absolute Gasteiger partial charge is 0.154 e. The second-order valence-electron chi connectivity index (χ2n) is 4.71. The number of hydrogen-bond donors (Lipinski definition) is 2. The van der Waals surface area contributed by atoms with Crippen molar-refractivity contribution in [3.8, 4) is 0 Å². The van der Waals surface area contributed by atoms with Gasteiger partial charge in [-0.25, -0.2) is 9.97 Å². The van der Waals surface area contributed by atoms with E-state index < -0.39 is 0 Å². The molecule has 0 unspecified atom stereocenters. The predicted octanol–water partition coefficient (Wildman–Crippen LogP) is 2.07. The van der Waals surface area contributed by atoms with Gasteiger partial charge >= 0.3 is 0 Å². The molecule has 0 saturated heterocycles. The van der Waals surface area contributed by atoms with E-state index in [0.29, 0.717) is 6.54 Å². The van der Waals surface area contributed by atoms with Crippen LogP contribution in [0.25, 0.3) is 11.0 Å². The zero-order chi connectivity index (χ0) is 13.9. The van der Waals surface area contributed by atoms with Crippen molar-refractivity contribution in [2.24, 2.45) is 7.05 Å². The maximum atomic E-state index is 9.15. The summed E-state index contributed by atoms with van der Waals surface area (Å²) in [7, 11) is 1.96.